The molecule has 2 aromatic carbocycles. The quantitative estimate of drug-likeness (QED) is 0.318. The van der Waals surface area contributed by atoms with Crippen LogP contribution in [0.25, 0.3) is 0 Å². The van der Waals surface area contributed by atoms with Crippen LogP contribution in [-0.2, 0) is 21.8 Å². The molecule has 2 saturated carbocycles. The summed E-state index contributed by atoms with van der Waals surface area (Å²) in [7, 11) is -1.45. The van der Waals surface area contributed by atoms with Gasteiger partial charge >= 0.3 is 0 Å². The van der Waals surface area contributed by atoms with E-state index >= 15 is 0 Å². The van der Waals surface area contributed by atoms with Crippen LogP contribution in [0.2, 0.25) is 0 Å². The van der Waals surface area contributed by atoms with Crippen molar-refractivity contribution < 1.29 is 4.21 Å². The molecule has 2 atom stereocenters. The first-order valence-electron chi connectivity index (χ1n) is 16.6. The summed E-state index contributed by atoms with van der Waals surface area (Å²) in [5.74, 6) is 0. The van der Waals surface area contributed by atoms with Crippen LogP contribution < -0.4 is 10.0 Å². The zero-order valence-corrected chi connectivity index (χ0v) is 28.7. The number of hydrogen-bond acceptors (Lipinski definition) is 1. The van der Waals surface area contributed by atoms with E-state index in [0.29, 0.717) is 0 Å². The Labute approximate surface area is 255 Å². The zero-order chi connectivity index (χ0) is 29.4. The molecule has 0 amide bonds. The second-order valence-electron chi connectivity index (χ2n) is 15.6. The maximum Gasteiger partial charge on any atom is 0.0979 e. The maximum atomic E-state index is 13.8. The van der Waals surface area contributed by atoms with Gasteiger partial charge in [0.2, 0.25) is 0 Å². The highest BCUT2D eigenvalue weighted by Crippen LogP contribution is 2.56. The monoisotopic (exact) mass is 593 g/mol. The van der Waals surface area contributed by atoms with E-state index in [2.05, 4.69) is 95.7 Å². The summed E-state index contributed by atoms with van der Waals surface area (Å²) in [6.07, 6.45) is 16.4. The fraction of sp³-hybridized carbons (Fsp3) is 0.676. The minimum absolute atomic E-state index is 0.0745. The van der Waals surface area contributed by atoms with Crippen molar-refractivity contribution in [3.63, 3.8) is 0 Å². The molecule has 0 radical (unpaired) electrons. The molecule has 0 aliphatic heterocycles. The Morgan fingerprint density at radius 2 is 1.32 bits per heavy atom. The zero-order valence-electron chi connectivity index (χ0n) is 27.0. The van der Waals surface area contributed by atoms with Gasteiger partial charge in [-0.2, -0.15) is 0 Å². The summed E-state index contributed by atoms with van der Waals surface area (Å²) in [6.45, 7) is 15.9. The molecular weight excluding hydrogens is 537 g/mol. The molecule has 2 fully saturated rings. The van der Waals surface area contributed by atoms with E-state index in [4.69, 9.17) is 0 Å². The van der Waals surface area contributed by atoms with Crippen molar-refractivity contribution in [2.45, 2.75) is 158 Å². The van der Waals surface area contributed by atoms with Gasteiger partial charge in [-0.3, -0.25) is 0 Å². The summed E-state index contributed by atoms with van der Waals surface area (Å²) in [6, 6.07) is 16.6. The number of nitrogens with one attached hydrogen (secondary N) is 1. The molecule has 5 rings (SSSR count). The van der Waals surface area contributed by atoms with Gasteiger partial charge in [0.1, 0.15) is 0 Å². The Morgan fingerprint density at radius 3 is 1.88 bits per heavy atom. The fourth-order valence-electron chi connectivity index (χ4n) is 7.76. The Bertz CT molecular complexity index is 1200. The standard InChI is InChI=1S/C37H56NOPS/c1-35(2,3)41(39)38-34(27-22-23-31-32(26-27)37(6,7)25-24-36(31,4)5)30-20-14-15-21-33(30)40(28-16-10-8-11-17-28)29-18-12-9-13-19-29/h14-15,20-23,26,28-29,34,38H,8-13,16-19,24-25H2,1-7H3/t34-,41?/m0/s1. The lowest BCUT2D eigenvalue weighted by molar-refractivity contribution is 0.331. The van der Waals surface area contributed by atoms with Crippen molar-refractivity contribution in [1.82, 2.24) is 4.72 Å². The molecule has 3 aliphatic carbocycles. The Hall–Kier alpha value is -1.02. The minimum Gasteiger partial charge on any atom is -0.242 e. The number of benzene rings is 2. The van der Waals surface area contributed by atoms with Crippen molar-refractivity contribution in [1.29, 1.82) is 0 Å². The third-order valence-corrected chi connectivity index (χ3v) is 15.6. The highest BCUT2D eigenvalue weighted by Gasteiger charge is 2.39. The first-order chi connectivity index (χ1) is 19.4. The molecule has 4 heteroatoms. The molecule has 1 N–H and O–H groups in total. The van der Waals surface area contributed by atoms with E-state index in [0.717, 1.165) is 11.3 Å². The van der Waals surface area contributed by atoms with Gasteiger partial charge < -0.3 is 0 Å². The lowest BCUT2D eigenvalue weighted by Gasteiger charge is -2.43. The molecule has 0 heterocycles. The molecule has 0 aromatic heterocycles. The number of fused-ring (bicyclic) bond motifs is 1. The van der Waals surface area contributed by atoms with E-state index in [1.54, 1.807) is 5.30 Å². The van der Waals surface area contributed by atoms with E-state index < -0.39 is 11.0 Å². The first-order valence-corrected chi connectivity index (χ1v) is 19.2. The molecular formula is C37H56NOPS. The molecule has 0 bridgehead atoms. The topological polar surface area (TPSA) is 29.1 Å². The second kappa shape index (κ2) is 12.5. The van der Waals surface area contributed by atoms with Gasteiger partial charge in [-0.1, -0.05) is 117 Å². The third kappa shape index (κ3) is 6.89. The summed E-state index contributed by atoms with van der Waals surface area (Å²) in [5, 5.41) is 1.60. The van der Waals surface area contributed by atoms with Crippen LogP contribution in [0, 0.1) is 0 Å². The van der Waals surface area contributed by atoms with Crippen LogP contribution in [0.1, 0.15) is 154 Å². The lowest BCUT2D eigenvalue weighted by Crippen LogP contribution is -2.39. The normalized spacial score (nSPS) is 23.2. The molecule has 0 saturated heterocycles. The van der Waals surface area contributed by atoms with Crippen LogP contribution in [0.5, 0.6) is 0 Å². The Kier molecular flexibility index (Phi) is 9.60. The Morgan fingerprint density at radius 1 is 0.780 bits per heavy atom. The third-order valence-electron chi connectivity index (χ3n) is 10.5. The van der Waals surface area contributed by atoms with Gasteiger partial charge in [-0.25, -0.2) is 8.93 Å². The van der Waals surface area contributed by atoms with Crippen molar-refractivity contribution in [3.8, 4) is 0 Å². The number of rotatable bonds is 7. The molecule has 1 unspecified atom stereocenters. The molecule has 3 aliphatic rings. The average molecular weight is 594 g/mol. The minimum atomic E-state index is -1.18. The summed E-state index contributed by atoms with van der Waals surface area (Å²) < 4.78 is 17.2. The van der Waals surface area contributed by atoms with Gasteiger partial charge in [-0.05, 0) is 109 Å². The smallest absolute Gasteiger partial charge is 0.0979 e. The van der Waals surface area contributed by atoms with E-state index in [1.165, 1.54) is 99.3 Å². The summed E-state index contributed by atoms with van der Waals surface area (Å²) in [4.78, 5) is 0. The van der Waals surface area contributed by atoms with Gasteiger partial charge in [0.25, 0.3) is 0 Å². The van der Waals surface area contributed by atoms with Crippen molar-refractivity contribution in [2.24, 2.45) is 0 Å². The summed E-state index contributed by atoms with van der Waals surface area (Å²) in [5.41, 5.74) is 7.65. The maximum absolute atomic E-state index is 13.8. The fourth-order valence-corrected chi connectivity index (χ4v) is 12.6. The van der Waals surface area contributed by atoms with Gasteiger partial charge in [0, 0.05) is 0 Å². The largest absolute Gasteiger partial charge is 0.242 e. The van der Waals surface area contributed by atoms with E-state index in [-0.39, 0.29) is 29.5 Å². The highest BCUT2D eigenvalue weighted by atomic mass is 32.2. The van der Waals surface area contributed by atoms with Crippen LogP contribution in [0.15, 0.2) is 42.5 Å². The van der Waals surface area contributed by atoms with E-state index in [9.17, 15) is 4.21 Å². The molecule has 0 spiro atoms. The predicted molar refractivity (Wildman–Crippen MR) is 181 cm³/mol. The SMILES string of the molecule is CC1(C)CCC(C)(C)c2cc([C@H](NS(=O)C(C)(C)C)c3ccccc3P(C3CCCCC3)C3CCCCC3)ccc21. The van der Waals surface area contributed by atoms with Crippen LogP contribution in [0.3, 0.4) is 0 Å². The summed E-state index contributed by atoms with van der Waals surface area (Å²) >= 11 is 0. The highest BCUT2D eigenvalue weighted by molar-refractivity contribution is 7.84. The van der Waals surface area contributed by atoms with Crippen molar-refractivity contribution in [3.05, 3.63) is 64.7 Å². The molecule has 41 heavy (non-hydrogen) atoms. The van der Waals surface area contributed by atoms with Crippen molar-refractivity contribution >= 4 is 24.2 Å². The molecule has 226 valence electrons. The average Bonchev–Trinajstić information content (AvgIpc) is 2.95. The second-order valence-corrected chi connectivity index (χ2v) is 20.3. The Balaban J connectivity index is 1.65. The molecule has 2 nitrogen and oxygen atoms in total. The molecule has 2 aromatic rings. The van der Waals surface area contributed by atoms with Gasteiger partial charge in [0.05, 0.1) is 21.8 Å². The van der Waals surface area contributed by atoms with Gasteiger partial charge in [0.15, 0.2) is 0 Å². The van der Waals surface area contributed by atoms with Crippen LogP contribution in [-0.4, -0.2) is 20.3 Å². The van der Waals surface area contributed by atoms with E-state index in [1.807, 2.05) is 0 Å². The van der Waals surface area contributed by atoms with Gasteiger partial charge in [-0.15, -0.1) is 0 Å². The van der Waals surface area contributed by atoms with Crippen LogP contribution >= 0.6 is 7.92 Å². The van der Waals surface area contributed by atoms with Crippen LogP contribution in [0.4, 0.5) is 0 Å². The van der Waals surface area contributed by atoms with Crippen molar-refractivity contribution in [2.75, 3.05) is 0 Å². The predicted octanol–water partition coefficient (Wildman–Crippen LogP) is 9.95. The number of hydrogen-bond donors (Lipinski definition) is 1. The first kappa shape index (κ1) is 31.4. The lowest BCUT2D eigenvalue weighted by atomic mass is 9.63.